The predicted octanol–water partition coefficient (Wildman–Crippen LogP) is 4.99. The van der Waals surface area contributed by atoms with Crippen LogP contribution in [0.15, 0.2) is 78.0 Å². The second-order valence-electron chi connectivity index (χ2n) is 7.24. The number of nitrogens with one attached hydrogen (secondary N) is 1. The fourth-order valence-corrected chi connectivity index (χ4v) is 4.03. The number of carbonyl (C=O) groups is 1. The van der Waals surface area contributed by atoms with Gasteiger partial charge in [0, 0.05) is 11.3 Å². The molecule has 0 radical (unpaired) electrons. The lowest BCUT2D eigenvalue weighted by atomic mass is 10.1. The third kappa shape index (κ3) is 5.18. The van der Waals surface area contributed by atoms with Crippen LogP contribution in [-0.4, -0.2) is 40.6 Å². The average molecular weight is 461 g/mol. The van der Waals surface area contributed by atoms with E-state index in [4.69, 9.17) is 9.47 Å². The number of para-hydroxylation sites is 2. The first-order chi connectivity index (χ1) is 16.1. The molecule has 0 aliphatic rings. The van der Waals surface area contributed by atoms with Gasteiger partial charge in [-0.2, -0.15) is 0 Å². The van der Waals surface area contributed by atoms with E-state index in [1.54, 1.807) is 26.4 Å². The molecule has 3 aromatic carbocycles. The van der Waals surface area contributed by atoms with Crippen LogP contribution in [0.2, 0.25) is 0 Å². The summed E-state index contributed by atoms with van der Waals surface area (Å²) in [6.45, 7) is 2.04. The number of carbonyl (C=O) groups excluding carboxylic acids is 1. The number of amides is 1. The first-order valence-corrected chi connectivity index (χ1v) is 11.3. The Bertz CT molecular complexity index is 1240. The topological polar surface area (TPSA) is 78.3 Å². The SMILES string of the molecule is COc1ccc(-n2c(SCC(=O)Nc3ccccc3OC)nnc2-c2ccc(C)cc2)cc1. The molecule has 8 heteroatoms. The van der Waals surface area contributed by atoms with Crippen LogP contribution >= 0.6 is 11.8 Å². The van der Waals surface area contributed by atoms with Crippen LogP contribution in [-0.2, 0) is 4.79 Å². The van der Waals surface area contributed by atoms with Crippen LogP contribution < -0.4 is 14.8 Å². The van der Waals surface area contributed by atoms with Crippen LogP contribution in [0, 0.1) is 6.92 Å². The van der Waals surface area contributed by atoms with Gasteiger partial charge in [0.1, 0.15) is 11.5 Å². The molecule has 0 saturated carbocycles. The first kappa shape index (κ1) is 22.4. The van der Waals surface area contributed by atoms with Crippen LogP contribution in [0.5, 0.6) is 11.5 Å². The van der Waals surface area contributed by atoms with E-state index in [1.807, 2.05) is 72.2 Å². The van der Waals surface area contributed by atoms with Gasteiger partial charge in [-0.15, -0.1) is 10.2 Å². The summed E-state index contributed by atoms with van der Waals surface area (Å²) in [5, 5.41) is 12.3. The number of ether oxygens (including phenoxy) is 2. The Morgan fingerprint density at radius 1 is 0.939 bits per heavy atom. The number of nitrogens with zero attached hydrogens (tertiary/aromatic N) is 3. The van der Waals surface area contributed by atoms with Crippen molar-refractivity contribution in [3.8, 4) is 28.6 Å². The predicted molar refractivity (Wildman–Crippen MR) is 130 cm³/mol. The number of thioether (sulfide) groups is 1. The molecule has 1 aromatic heterocycles. The maximum atomic E-state index is 12.6. The summed E-state index contributed by atoms with van der Waals surface area (Å²) < 4.78 is 12.5. The molecule has 0 unspecified atom stereocenters. The van der Waals surface area contributed by atoms with E-state index in [-0.39, 0.29) is 11.7 Å². The third-order valence-corrected chi connectivity index (χ3v) is 5.92. The summed E-state index contributed by atoms with van der Waals surface area (Å²) >= 11 is 1.32. The minimum absolute atomic E-state index is 0.161. The van der Waals surface area contributed by atoms with Crippen molar-refractivity contribution in [3.63, 3.8) is 0 Å². The zero-order chi connectivity index (χ0) is 23.2. The normalized spacial score (nSPS) is 10.6. The first-order valence-electron chi connectivity index (χ1n) is 10.3. The van der Waals surface area contributed by atoms with Crippen molar-refractivity contribution >= 4 is 23.4 Å². The second kappa shape index (κ2) is 10.2. The molecule has 4 rings (SSSR count). The number of aromatic nitrogens is 3. The molecule has 0 bridgehead atoms. The van der Waals surface area contributed by atoms with Crippen molar-refractivity contribution in [2.45, 2.75) is 12.1 Å². The zero-order valence-electron chi connectivity index (χ0n) is 18.6. The van der Waals surface area contributed by atoms with Crippen molar-refractivity contribution in [1.82, 2.24) is 14.8 Å². The van der Waals surface area contributed by atoms with E-state index in [9.17, 15) is 4.79 Å². The molecule has 168 valence electrons. The zero-order valence-corrected chi connectivity index (χ0v) is 19.4. The van der Waals surface area contributed by atoms with Crippen LogP contribution in [0.25, 0.3) is 17.1 Å². The minimum atomic E-state index is -0.161. The van der Waals surface area contributed by atoms with Gasteiger partial charge in [-0.3, -0.25) is 9.36 Å². The quantitative estimate of drug-likeness (QED) is 0.373. The molecular formula is C25H24N4O3S. The van der Waals surface area contributed by atoms with Gasteiger partial charge in [-0.05, 0) is 43.3 Å². The van der Waals surface area contributed by atoms with Crippen LogP contribution in [0.1, 0.15) is 5.56 Å². The summed E-state index contributed by atoms with van der Waals surface area (Å²) in [4.78, 5) is 12.6. The molecule has 0 aliphatic heterocycles. The molecule has 0 aliphatic carbocycles. The minimum Gasteiger partial charge on any atom is -0.497 e. The van der Waals surface area contributed by atoms with Gasteiger partial charge in [-0.1, -0.05) is 53.7 Å². The van der Waals surface area contributed by atoms with E-state index in [0.29, 0.717) is 22.4 Å². The number of anilines is 1. The van der Waals surface area contributed by atoms with E-state index in [0.717, 1.165) is 22.6 Å². The molecule has 0 saturated heterocycles. The number of methoxy groups -OCH3 is 2. The molecule has 0 spiro atoms. The summed E-state index contributed by atoms with van der Waals surface area (Å²) in [6.07, 6.45) is 0. The highest BCUT2D eigenvalue weighted by molar-refractivity contribution is 7.99. The summed E-state index contributed by atoms with van der Waals surface area (Å²) in [5.74, 6) is 2.08. The molecule has 1 heterocycles. The van der Waals surface area contributed by atoms with Crippen molar-refractivity contribution in [2.75, 3.05) is 25.3 Å². The third-order valence-electron chi connectivity index (χ3n) is 4.99. The van der Waals surface area contributed by atoms with Crippen molar-refractivity contribution in [2.24, 2.45) is 0 Å². The second-order valence-corrected chi connectivity index (χ2v) is 8.19. The molecule has 4 aromatic rings. The van der Waals surface area contributed by atoms with Gasteiger partial charge >= 0.3 is 0 Å². The highest BCUT2D eigenvalue weighted by atomic mass is 32.2. The maximum Gasteiger partial charge on any atom is 0.234 e. The molecule has 1 amide bonds. The summed E-state index contributed by atoms with van der Waals surface area (Å²) in [5.41, 5.74) is 3.61. The Hall–Kier alpha value is -3.78. The number of hydrogen-bond acceptors (Lipinski definition) is 6. The Morgan fingerprint density at radius 2 is 1.67 bits per heavy atom. The van der Waals surface area contributed by atoms with Gasteiger partial charge in [0.2, 0.25) is 5.91 Å². The summed E-state index contributed by atoms with van der Waals surface area (Å²) in [7, 11) is 3.21. The summed E-state index contributed by atoms with van der Waals surface area (Å²) in [6, 6.07) is 23.1. The standard InChI is InChI=1S/C25H24N4O3S/c1-17-8-10-18(11-9-17)24-27-28-25(29(24)19-12-14-20(31-2)15-13-19)33-16-23(30)26-21-6-4-5-7-22(21)32-3/h4-15H,16H2,1-3H3,(H,26,30). The number of benzene rings is 3. The van der Waals surface area contributed by atoms with E-state index in [1.165, 1.54) is 11.8 Å². The Kier molecular flexibility index (Phi) is 6.95. The lowest BCUT2D eigenvalue weighted by Gasteiger charge is -2.12. The van der Waals surface area contributed by atoms with Crippen molar-refractivity contribution < 1.29 is 14.3 Å². The highest BCUT2D eigenvalue weighted by Gasteiger charge is 2.18. The van der Waals surface area contributed by atoms with Gasteiger partial charge in [0.25, 0.3) is 0 Å². The Morgan fingerprint density at radius 3 is 2.36 bits per heavy atom. The lowest BCUT2D eigenvalue weighted by molar-refractivity contribution is -0.113. The largest absolute Gasteiger partial charge is 0.497 e. The van der Waals surface area contributed by atoms with Gasteiger partial charge in [-0.25, -0.2) is 0 Å². The van der Waals surface area contributed by atoms with Gasteiger partial charge in [0.05, 0.1) is 25.7 Å². The molecule has 1 N–H and O–H groups in total. The molecule has 0 atom stereocenters. The molecule has 33 heavy (non-hydrogen) atoms. The highest BCUT2D eigenvalue weighted by Crippen LogP contribution is 2.30. The smallest absolute Gasteiger partial charge is 0.234 e. The molecule has 7 nitrogen and oxygen atoms in total. The van der Waals surface area contributed by atoms with Crippen LogP contribution in [0.3, 0.4) is 0 Å². The van der Waals surface area contributed by atoms with E-state index in [2.05, 4.69) is 15.5 Å². The fraction of sp³-hybridized carbons (Fsp3) is 0.160. The fourth-order valence-electron chi connectivity index (χ4n) is 3.28. The van der Waals surface area contributed by atoms with Gasteiger partial charge < -0.3 is 14.8 Å². The number of aryl methyl sites for hydroxylation is 1. The monoisotopic (exact) mass is 460 g/mol. The number of rotatable bonds is 8. The molecular weight excluding hydrogens is 436 g/mol. The Balaban J connectivity index is 1.60. The number of hydrogen-bond donors (Lipinski definition) is 1. The van der Waals surface area contributed by atoms with E-state index >= 15 is 0 Å². The van der Waals surface area contributed by atoms with Crippen molar-refractivity contribution in [1.29, 1.82) is 0 Å². The molecule has 0 fully saturated rings. The van der Waals surface area contributed by atoms with Crippen LogP contribution in [0.4, 0.5) is 5.69 Å². The average Bonchev–Trinajstić information content (AvgIpc) is 3.27. The van der Waals surface area contributed by atoms with Crippen molar-refractivity contribution in [3.05, 3.63) is 78.4 Å². The Labute approximate surface area is 196 Å². The maximum absolute atomic E-state index is 12.6. The lowest BCUT2D eigenvalue weighted by Crippen LogP contribution is -2.15. The van der Waals surface area contributed by atoms with Gasteiger partial charge in [0.15, 0.2) is 11.0 Å². The van der Waals surface area contributed by atoms with E-state index < -0.39 is 0 Å².